The van der Waals surface area contributed by atoms with Gasteiger partial charge in [0.05, 0.1) is 5.41 Å². The van der Waals surface area contributed by atoms with Gasteiger partial charge in [0, 0.05) is 27.8 Å². The van der Waals surface area contributed by atoms with Crippen LogP contribution in [-0.4, -0.2) is 15.0 Å². The monoisotopic (exact) mass is 639 g/mol. The molecule has 0 N–H and O–H groups in total. The van der Waals surface area contributed by atoms with E-state index in [-0.39, 0.29) is 0 Å². The number of rotatable bonds is 4. The lowest BCUT2D eigenvalue weighted by molar-refractivity contribution is 0.436. The van der Waals surface area contributed by atoms with Crippen molar-refractivity contribution in [3.05, 3.63) is 198 Å². The fourth-order valence-corrected chi connectivity index (χ4v) is 7.89. The predicted octanol–water partition coefficient (Wildman–Crippen LogP) is 11.0. The Bertz CT molecular complexity index is 2460. The van der Waals surface area contributed by atoms with E-state index >= 15 is 0 Å². The van der Waals surface area contributed by atoms with E-state index in [0.717, 1.165) is 39.3 Å². The van der Waals surface area contributed by atoms with E-state index in [1.807, 2.05) is 60.7 Å². The topological polar surface area (TPSA) is 47.9 Å². The van der Waals surface area contributed by atoms with Crippen molar-refractivity contribution >= 4 is 0 Å². The fraction of sp³-hybridized carbons (Fsp3) is 0.0217. The summed E-state index contributed by atoms with van der Waals surface area (Å²) in [6.45, 7) is 0. The molecule has 1 aliphatic heterocycles. The van der Waals surface area contributed by atoms with E-state index in [1.54, 1.807) is 0 Å². The lowest BCUT2D eigenvalue weighted by Crippen LogP contribution is -2.32. The van der Waals surface area contributed by atoms with Gasteiger partial charge in [0.15, 0.2) is 17.5 Å². The first-order chi connectivity index (χ1) is 24.8. The molecule has 7 aromatic carbocycles. The van der Waals surface area contributed by atoms with Crippen LogP contribution >= 0.6 is 0 Å². The van der Waals surface area contributed by atoms with E-state index in [2.05, 4.69) is 115 Å². The van der Waals surface area contributed by atoms with Gasteiger partial charge >= 0.3 is 0 Å². The minimum Gasteiger partial charge on any atom is -0.457 e. The first kappa shape index (κ1) is 28.4. The molecule has 0 unspecified atom stereocenters. The number of ether oxygens (including phenoxy) is 1. The summed E-state index contributed by atoms with van der Waals surface area (Å²) in [4.78, 5) is 15.2. The zero-order valence-electron chi connectivity index (χ0n) is 27.0. The molecule has 1 aromatic heterocycles. The molecule has 0 bridgehead atoms. The highest BCUT2D eigenvalue weighted by molar-refractivity contribution is 5.95. The van der Waals surface area contributed by atoms with E-state index in [9.17, 15) is 0 Å². The largest absolute Gasteiger partial charge is 0.457 e. The van der Waals surface area contributed by atoms with Crippen molar-refractivity contribution in [2.24, 2.45) is 0 Å². The average Bonchev–Trinajstić information content (AvgIpc) is 3.49. The lowest BCUT2D eigenvalue weighted by atomic mass is 9.64. The van der Waals surface area contributed by atoms with E-state index in [1.165, 1.54) is 33.4 Å². The summed E-state index contributed by atoms with van der Waals surface area (Å²) in [5, 5.41) is 0. The second-order valence-electron chi connectivity index (χ2n) is 12.7. The van der Waals surface area contributed by atoms with Crippen LogP contribution in [0.25, 0.3) is 56.4 Å². The molecular formula is C46H29N3O. The van der Waals surface area contributed by atoms with Crippen LogP contribution < -0.4 is 4.74 Å². The van der Waals surface area contributed by atoms with Gasteiger partial charge in [-0.25, -0.2) is 15.0 Å². The van der Waals surface area contributed by atoms with Crippen LogP contribution in [0.1, 0.15) is 22.3 Å². The Labute approximate surface area is 290 Å². The third-order valence-corrected chi connectivity index (χ3v) is 10.00. The Morgan fingerprint density at radius 1 is 0.340 bits per heavy atom. The Balaban J connectivity index is 1.29. The Morgan fingerprint density at radius 3 is 1.40 bits per heavy atom. The molecule has 234 valence electrons. The zero-order valence-corrected chi connectivity index (χ0v) is 27.0. The molecule has 8 aromatic rings. The molecule has 0 saturated carbocycles. The molecule has 50 heavy (non-hydrogen) atoms. The third-order valence-electron chi connectivity index (χ3n) is 10.00. The quantitative estimate of drug-likeness (QED) is 0.192. The van der Waals surface area contributed by atoms with Crippen molar-refractivity contribution in [2.45, 2.75) is 5.41 Å². The minimum absolute atomic E-state index is 0.628. The minimum atomic E-state index is -0.657. The number of nitrogens with zero attached hydrogens (tertiary/aromatic N) is 3. The van der Waals surface area contributed by atoms with Crippen molar-refractivity contribution < 1.29 is 4.74 Å². The molecular weight excluding hydrogens is 611 g/mol. The molecule has 0 amide bonds. The molecule has 0 fully saturated rings. The lowest BCUT2D eigenvalue weighted by Gasteiger charge is -2.40. The van der Waals surface area contributed by atoms with Crippen LogP contribution in [0.3, 0.4) is 0 Å². The van der Waals surface area contributed by atoms with Gasteiger partial charge in [-0.2, -0.15) is 0 Å². The van der Waals surface area contributed by atoms with Gasteiger partial charge in [-0.05, 0) is 51.6 Å². The SMILES string of the molecule is c1ccc(-c2nc(-c3ccccc3)nc(-c3ccc4c(c3)C3(c5ccccc5Oc5ccccc53)c3c(-c5ccccc5)cccc3-4)n2)cc1. The predicted molar refractivity (Wildman–Crippen MR) is 199 cm³/mol. The van der Waals surface area contributed by atoms with Gasteiger partial charge < -0.3 is 4.74 Å². The van der Waals surface area contributed by atoms with Crippen LogP contribution in [0, 0.1) is 0 Å². The van der Waals surface area contributed by atoms with Gasteiger partial charge in [0.25, 0.3) is 0 Å². The number of hydrogen-bond acceptors (Lipinski definition) is 4. The Kier molecular flexibility index (Phi) is 6.36. The summed E-state index contributed by atoms with van der Waals surface area (Å²) >= 11 is 0. The van der Waals surface area contributed by atoms with Crippen LogP contribution in [0.2, 0.25) is 0 Å². The van der Waals surface area contributed by atoms with Gasteiger partial charge in [-0.1, -0.05) is 158 Å². The second-order valence-corrected chi connectivity index (χ2v) is 12.7. The molecule has 0 atom stereocenters. The van der Waals surface area contributed by atoms with Crippen LogP contribution in [0.5, 0.6) is 11.5 Å². The first-order valence-corrected chi connectivity index (χ1v) is 16.9. The standard InChI is InChI=1S/C46H29N3O/c1-4-15-30(16-5-1)34-21-14-22-36-35-28-27-33(45-48-43(31-17-6-2-7-18-31)47-44(49-45)32-19-8-3-9-20-32)29-39(35)46(42(34)36)37-23-10-12-25-40(37)50-41-26-13-11-24-38(41)46/h1-29H. The molecule has 2 heterocycles. The maximum atomic E-state index is 6.65. The number of fused-ring (bicyclic) bond motifs is 9. The smallest absolute Gasteiger partial charge is 0.164 e. The summed E-state index contributed by atoms with van der Waals surface area (Å²) in [7, 11) is 0. The maximum Gasteiger partial charge on any atom is 0.164 e. The third kappa shape index (κ3) is 4.22. The molecule has 2 aliphatic rings. The second kappa shape index (κ2) is 11.2. The average molecular weight is 640 g/mol. The number of benzene rings is 7. The molecule has 1 spiro atoms. The van der Waals surface area contributed by atoms with Crippen molar-refractivity contribution in [2.75, 3.05) is 0 Å². The van der Waals surface area contributed by atoms with Gasteiger partial charge in [0.1, 0.15) is 11.5 Å². The van der Waals surface area contributed by atoms with E-state index in [0.29, 0.717) is 17.5 Å². The van der Waals surface area contributed by atoms with Crippen molar-refractivity contribution in [3.63, 3.8) is 0 Å². The maximum absolute atomic E-state index is 6.65. The van der Waals surface area contributed by atoms with Gasteiger partial charge in [-0.15, -0.1) is 0 Å². The summed E-state index contributed by atoms with van der Waals surface area (Å²) in [5.41, 5.74) is 11.6. The number of para-hydroxylation sites is 2. The van der Waals surface area contributed by atoms with Gasteiger partial charge in [-0.3, -0.25) is 0 Å². The summed E-state index contributed by atoms with van der Waals surface area (Å²) < 4.78 is 6.65. The highest BCUT2D eigenvalue weighted by Crippen LogP contribution is 2.64. The Hall–Kier alpha value is -6.65. The molecule has 4 heteroatoms. The normalized spacial score (nSPS) is 13.1. The fourth-order valence-electron chi connectivity index (χ4n) is 7.89. The highest BCUT2D eigenvalue weighted by Gasteiger charge is 2.52. The number of aromatic nitrogens is 3. The summed E-state index contributed by atoms with van der Waals surface area (Å²) in [5.74, 6) is 3.62. The molecule has 4 nitrogen and oxygen atoms in total. The highest BCUT2D eigenvalue weighted by atomic mass is 16.5. The van der Waals surface area contributed by atoms with Crippen LogP contribution in [0.15, 0.2) is 176 Å². The van der Waals surface area contributed by atoms with Gasteiger partial charge in [0.2, 0.25) is 0 Å². The van der Waals surface area contributed by atoms with E-state index in [4.69, 9.17) is 19.7 Å². The first-order valence-electron chi connectivity index (χ1n) is 16.9. The van der Waals surface area contributed by atoms with Crippen molar-refractivity contribution in [1.29, 1.82) is 0 Å². The molecule has 10 rings (SSSR count). The van der Waals surface area contributed by atoms with E-state index < -0.39 is 5.41 Å². The molecule has 0 radical (unpaired) electrons. The summed E-state index contributed by atoms with van der Waals surface area (Å²) in [6.07, 6.45) is 0. The number of hydrogen-bond donors (Lipinski definition) is 0. The van der Waals surface area contributed by atoms with Crippen LogP contribution in [-0.2, 0) is 5.41 Å². The Morgan fingerprint density at radius 2 is 0.820 bits per heavy atom. The van der Waals surface area contributed by atoms with Crippen molar-refractivity contribution in [3.8, 4) is 67.9 Å². The summed E-state index contributed by atoms with van der Waals surface area (Å²) in [6, 6.07) is 61.4. The zero-order chi connectivity index (χ0) is 33.1. The van der Waals surface area contributed by atoms with Crippen molar-refractivity contribution in [1.82, 2.24) is 15.0 Å². The molecule has 0 saturated heterocycles. The molecule has 1 aliphatic carbocycles. The van der Waals surface area contributed by atoms with Crippen LogP contribution in [0.4, 0.5) is 0 Å².